The Morgan fingerprint density at radius 3 is 2.90 bits per heavy atom. The zero-order valence-corrected chi connectivity index (χ0v) is 17.1. The predicted octanol–water partition coefficient (Wildman–Crippen LogP) is 3.66. The maximum Gasteiger partial charge on any atom is 0.312 e. The number of carbonyl (C=O) groups excluding carboxylic acids is 2. The van der Waals surface area contributed by atoms with Crippen molar-refractivity contribution < 1.29 is 14.3 Å². The summed E-state index contributed by atoms with van der Waals surface area (Å²) in [6.07, 6.45) is 3.41. The highest BCUT2D eigenvalue weighted by Gasteiger charge is 2.34. The Hall–Kier alpha value is -3.06. The molecule has 4 rings (SSSR count). The van der Waals surface area contributed by atoms with Crippen LogP contribution < -0.4 is 4.90 Å². The van der Waals surface area contributed by atoms with Crippen molar-refractivity contribution in [3.05, 3.63) is 65.4 Å². The second-order valence-electron chi connectivity index (χ2n) is 7.08. The summed E-state index contributed by atoms with van der Waals surface area (Å²) >= 11 is 1.45. The number of para-hydroxylation sites is 1. The maximum absolute atomic E-state index is 12.9. The first-order chi connectivity index (χ1) is 14.0. The van der Waals surface area contributed by atoms with E-state index in [9.17, 15) is 9.59 Å². The number of benzene rings is 1. The number of fused-ring (bicyclic) bond motifs is 1. The molecule has 0 spiro atoms. The number of aromatic nitrogens is 2. The van der Waals surface area contributed by atoms with Crippen LogP contribution in [0.3, 0.4) is 0 Å². The molecule has 1 aliphatic heterocycles. The molecule has 0 fully saturated rings. The van der Waals surface area contributed by atoms with Gasteiger partial charge < -0.3 is 9.64 Å². The van der Waals surface area contributed by atoms with Crippen LogP contribution in [0.2, 0.25) is 0 Å². The van der Waals surface area contributed by atoms with Gasteiger partial charge in [0.05, 0.1) is 12.1 Å². The minimum Gasteiger partial charge on any atom is -0.452 e. The van der Waals surface area contributed by atoms with Crippen molar-refractivity contribution in [1.29, 1.82) is 0 Å². The van der Waals surface area contributed by atoms with Gasteiger partial charge in [-0.25, -0.2) is 4.98 Å². The van der Waals surface area contributed by atoms with Crippen molar-refractivity contribution in [3.8, 4) is 10.6 Å². The van der Waals surface area contributed by atoms with Crippen LogP contribution in [0.15, 0.2) is 54.2 Å². The lowest BCUT2D eigenvalue weighted by atomic mass is 10.1. The van der Waals surface area contributed by atoms with E-state index >= 15 is 0 Å². The molecule has 0 aliphatic carbocycles. The second kappa shape index (κ2) is 8.13. The summed E-state index contributed by atoms with van der Waals surface area (Å²) in [4.78, 5) is 35.6. The average molecular weight is 407 g/mol. The van der Waals surface area contributed by atoms with E-state index < -0.39 is 12.1 Å². The molecule has 1 amide bonds. The van der Waals surface area contributed by atoms with Crippen LogP contribution in [0.5, 0.6) is 0 Å². The van der Waals surface area contributed by atoms with Crippen LogP contribution in [0.4, 0.5) is 5.69 Å². The predicted molar refractivity (Wildman–Crippen MR) is 112 cm³/mol. The fourth-order valence-corrected chi connectivity index (χ4v) is 4.35. The first kappa shape index (κ1) is 19.3. The van der Waals surface area contributed by atoms with Crippen LogP contribution in [-0.4, -0.2) is 34.0 Å². The van der Waals surface area contributed by atoms with E-state index in [1.807, 2.05) is 48.7 Å². The van der Waals surface area contributed by atoms with Crippen molar-refractivity contribution in [2.75, 3.05) is 4.90 Å². The summed E-state index contributed by atoms with van der Waals surface area (Å²) in [6, 6.07) is 11.6. The van der Waals surface area contributed by atoms with Gasteiger partial charge in [0, 0.05) is 35.1 Å². The quantitative estimate of drug-likeness (QED) is 0.604. The minimum atomic E-state index is -0.854. The van der Waals surface area contributed by atoms with E-state index in [2.05, 4.69) is 9.97 Å². The fraction of sp³-hybridized carbons (Fsp3) is 0.273. The molecule has 3 heterocycles. The molecule has 0 unspecified atom stereocenters. The number of anilines is 1. The van der Waals surface area contributed by atoms with Gasteiger partial charge in [0.1, 0.15) is 5.01 Å². The van der Waals surface area contributed by atoms with E-state index in [1.165, 1.54) is 11.3 Å². The highest BCUT2D eigenvalue weighted by atomic mass is 32.1. The molecule has 3 aromatic rings. The number of carbonyl (C=O) groups is 2. The number of hydrogen-bond donors (Lipinski definition) is 0. The van der Waals surface area contributed by atoms with Crippen molar-refractivity contribution in [2.45, 2.75) is 38.8 Å². The van der Waals surface area contributed by atoms with Gasteiger partial charge in [0.25, 0.3) is 5.91 Å². The Balaban J connectivity index is 1.39. The van der Waals surface area contributed by atoms with Crippen molar-refractivity contribution in [2.24, 2.45) is 0 Å². The van der Waals surface area contributed by atoms with Crippen LogP contribution >= 0.6 is 11.3 Å². The topological polar surface area (TPSA) is 72.4 Å². The van der Waals surface area contributed by atoms with Crippen molar-refractivity contribution in [3.63, 3.8) is 0 Å². The zero-order chi connectivity index (χ0) is 20.4. The van der Waals surface area contributed by atoms with Crippen LogP contribution in [0.1, 0.15) is 25.1 Å². The van der Waals surface area contributed by atoms with Crippen molar-refractivity contribution >= 4 is 28.9 Å². The number of ether oxygens (including phenoxy) is 1. The van der Waals surface area contributed by atoms with Gasteiger partial charge in [-0.15, -0.1) is 11.3 Å². The molecular weight excluding hydrogens is 386 g/mol. The van der Waals surface area contributed by atoms with E-state index in [-0.39, 0.29) is 18.4 Å². The largest absolute Gasteiger partial charge is 0.452 e. The van der Waals surface area contributed by atoms with E-state index in [1.54, 1.807) is 24.2 Å². The minimum absolute atomic E-state index is 0.0283. The molecule has 148 valence electrons. The molecule has 0 bridgehead atoms. The standard InChI is InChI=1S/C22H21N3O3S/c1-14-10-16-6-3-4-8-19(16)25(14)22(27)15(2)28-20(26)11-18-13-29-21(24-18)17-7-5-9-23-12-17/h3-9,12-15H,10-11H2,1-2H3/t14-,15-/m0/s1. The van der Waals surface area contributed by atoms with E-state index in [0.29, 0.717) is 5.69 Å². The summed E-state index contributed by atoms with van der Waals surface area (Å²) in [5, 5.41) is 2.63. The third kappa shape index (κ3) is 4.05. The Labute approximate surface area is 173 Å². The second-order valence-corrected chi connectivity index (χ2v) is 7.94. The summed E-state index contributed by atoms with van der Waals surface area (Å²) in [5.41, 5.74) is 3.56. The van der Waals surface area contributed by atoms with Gasteiger partial charge in [0.15, 0.2) is 6.10 Å². The lowest BCUT2D eigenvalue weighted by Gasteiger charge is -2.25. The monoisotopic (exact) mass is 407 g/mol. The molecule has 0 saturated heterocycles. The molecule has 0 N–H and O–H groups in total. The summed E-state index contributed by atoms with van der Waals surface area (Å²) < 4.78 is 5.43. The Morgan fingerprint density at radius 2 is 2.10 bits per heavy atom. The maximum atomic E-state index is 12.9. The highest BCUT2D eigenvalue weighted by Crippen LogP contribution is 2.32. The summed E-state index contributed by atoms with van der Waals surface area (Å²) in [7, 11) is 0. The van der Waals surface area contributed by atoms with E-state index in [4.69, 9.17) is 4.74 Å². The number of thiazole rings is 1. The van der Waals surface area contributed by atoms with Gasteiger partial charge in [0.2, 0.25) is 0 Å². The number of pyridine rings is 1. The van der Waals surface area contributed by atoms with Crippen LogP contribution in [-0.2, 0) is 27.2 Å². The number of hydrogen-bond acceptors (Lipinski definition) is 6. The SMILES string of the molecule is C[C@H](OC(=O)Cc1csc(-c2cccnc2)n1)C(=O)N1c2ccccc2C[C@@H]1C. The molecule has 7 heteroatoms. The number of amides is 1. The average Bonchev–Trinajstić information content (AvgIpc) is 3.31. The van der Waals surface area contributed by atoms with Crippen LogP contribution in [0, 0.1) is 0 Å². The smallest absolute Gasteiger partial charge is 0.312 e. The fourth-order valence-electron chi connectivity index (χ4n) is 3.54. The number of rotatable bonds is 5. The molecule has 0 radical (unpaired) electrons. The molecule has 0 saturated carbocycles. The van der Waals surface area contributed by atoms with Crippen molar-refractivity contribution in [1.82, 2.24) is 9.97 Å². The zero-order valence-electron chi connectivity index (χ0n) is 16.2. The molecule has 29 heavy (non-hydrogen) atoms. The Kier molecular flexibility index (Phi) is 5.40. The molecule has 1 aliphatic rings. The summed E-state index contributed by atoms with van der Waals surface area (Å²) in [5.74, 6) is -0.667. The van der Waals surface area contributed by atoms with E-state index in [0.717, 1.165) is 28.2 Å². The molecular formula is C22H21N3O3S. The molecule has 6 nitrogen and oxygen atoms in total. The first-order valence-corrected chi connectivity index (χ1v) is 10.4. The Bertz CT molecular complexity index is 1030. The van der Waals surface area contributed by atoms with Gasteiger partial charge in [-0.2, -0.15) is 0 Å². The molecule has 2 atom stereocenters. The van der Waals surface area contributed by atoms with Gasteiger partial charge in [-0.05, 0) is 44.0 Å². The van der Waals surface area contributed by atoms with Gasteiger partial charge >= 0.3 is 5.97 Å². The normalized spacial score (nSPS) is 16.3. The van der Waals surface area contributed by atoms with Gasteiger partial charge in [-0.1, -0.05) is 18.2 Å². The number of nitrogens with zero attached hydrogens (tertiary/aromatic N) is 3. The summed E-state index contributed by atoms with van der Waals surface area (Å²) in [6.45, 7) is 3.62. The highest BCUT2D eigenvalue weighted by molar-refractivity contribution is 7.13. The van der Waals surface area contributed by atoms with Gasteiger partial charge in [-0.3, -0.25) is 14.6 Å². The first-order valence-electron chi connectivity index (χ1n) is 9.48. The lowest BCUT2D eigenvalue weighted by molar-refractivity contribution is -0.153. The third-order valence-corrected chi connectivity index (χ3v) is 5.83. The third-order valence-electron chi connectivity index (χ3n) is 4.89. The van der Waals surface area contributed by atoms with Crippen LogP contribution in [0.25, 0.3) is 10.6 Å². The number of esters is 1. The lowest BCUT2D eigenvalue weighted by Crippen LogP contribution is -2.43. The molecule has 1 aromatic carbocycles. The molecule has 2 aromatic heterocycles. The Morgan fingerprint density at radius 1 is 1.28 bits per heavy atom.